The summed E-state index contributed by atoms with van der Waals surface area (Å²) in [5.74, 6) is 0.167. The average Bonchev–Trinajstić information content (AvgIpc) is 2.83. The van der Waals surface area contributed by atoms with Crippen LogP contribution in [0.15, 0.2) is 15.9 Å². The second kappa shape index (κ2) is 6.17. The Morgan fingerprint density at radius 2 is 2.11 bits per heavy atom. The quantitative estimate of drug-likeness (QED) is 0.850. The molecule has 5 heteroatoms. The van der Waals surface area contributed by atoms with Crippen molar-refractivity contribution < 1.29 is 4.79 Å². The average molecular weight is 331 g/mol. The van der Waals surface area contributed by atoms with E-state index < -0.39 is 0 Å². The fraction of sp³-hybridized carbons (Fsp3) is 0.615. The first-order valence-electron chi connectivity index (χ1n) is 6.39. The molecule has 1 atom stereocenters. The maximum absolute atomic E-state index is 12.3. The molecule has 1 amide bonds. The van der Waals surface area contributed by atoms with E-state index in [1.807, 2.05) is 16.3 Å². The normalized spacial score (nSPS) is 18.9. The van der Waals surface area contributed by atoms with Crippen LogP contribution in [0.4, 0.5) is 0 Å². The Kier molecular flexibility index (Phi) is 4.81. The first-order valence-corrected chi connectivity index (χ1v) is 8.07. The lowest BCUT2D eigenvalue weighted by Gasteiger charge is -2.37. The van der Waals surface area contributed by atoms with Crippen LogP contribution in [-0.2, 0) is 0 Å². The summed E-state index contributed by atoms with van der Waals surface area (Å²) in [6.07, 6.45) is 1.17. The predicted molar refractivity (Wildman–Crippen MR) is 79.2 cm³/mol. The third-order valence-corrected chi connectivity index (χ3v) is 5.45. The third-order valence-electron chi connectivity index (χ3n) is 3.63. The van der Waals surface area contributed by atoms with Gasteiger partial charge in [-0.05, 0) is 40.7 Å². The number of carbonyl (C=O) groups is 1. The van der Waals surface area contributed by atoms with Gasteiger partial charge in [0.15, 0.2) is 0 Å². The van der Waals surface area contributed by atoms with Crippen LogP contribution in [-0.4, -0.2) is 47.9 Å². The number of rotatable bonds is 3. The Hall–Kier alpha value is -0.390. The first kappa shape index (κ1) is 14.0. The number of carbonyl (C=O) groups excluding carboxylic acids is 1. The Morgan fingerprint density at radius 3 is 2.61 bits per heavy atom. The Balaban J connectivity index is 1.94. The molecule has 1 aliphatic rings. The van der Waals surface area contributed by atoms with Crippen molar-refractivity contribution in [2.24, 2.45) is 0 Å². The highest BCUT2D eigenvalue weighted by Gasteiger charge is 2.25. The van der Waals surface area contributed by atoms with Gasteiger partial charge in [-0.25, -0.2) is 0 Å². The highest BCUT2D eigenvalue weighted by molar-refractivity contribution is 9.10. The monoisotopic (exact) mass is 330 g/mol. The lowest BCUT2D eigenvalue weighted by molar-refractivity contribution is 0.0583. The molecule has 1 aromatic heterocycles. The van der Waals surface area contributed by atoms with Gasteiger partial charge in [-0.1, -0.05) is 6.92 Å². The number of hydrogen-bond acceptors (Lipinski definition) is 3. The summed E-state index contributed by atoms with van der Waals surface area (Å²) in [5.41, 5.74) is 0. The van der Waals surface area contributed by atoms with E-state index in [0.717, 1.165) is 35.5 Å². The number of hydrogen-bond donors (Lipinski definition) is 0. The number of nitrogens with zero attached hydrogens (tertiary/aromatic N) is 2. The van der Waals surface area contributed by atoms with Gasteiger partial charge in [0.1, 0.15) is 4.88 Å². The van der Waals surface area contributed by atoms with Crippen molar-refractivity contribution >= 4 is 33.2 Å². The smallest absolute Gasteiger partial charge is 0.265 e. The molecule has 0 aliphatic carbocycles. The van der Waals surface area contributed by atoms with Crippen molar-refractivity contribution in [3.05, 3.63) is 20.8 Å². The molecule has 1 saturated heterocycles. The second-order valence-corrected chi connectivity index (χ2v) is 6.45. The van der Waals surface area contributed by atoms with Crippen molar-refractivity contribution in [2.75, 3.05) is 26.2 Å². The molecule has 0 aromatic carbocycles. The standard InChI is InChI=1S/C13H19BrN2OS/c1-3-10(2)15-5-7-16(8-6-15)13(17)12-11(14)4-9-18-12/h4,9-10H,3,5-8H2,1-2H3. The molecular formula is C13H19BrN2OS. The number of amides is 1. The molecule has 1 fully saturated rings. The molecule has 0 radical (unpaired) electrons. The predicted octanol–water partition coefficient (Wildman–Crippen LogP) is 3.07. The third kappa shape index (κ3) is 2.95. The van der Waals surface area contributed by atoms with E-state index in [0.29, 0.717) is 6.04 Å². The lowest BCUT2D eigenvalue weighted by Crippen LogP contribution is -2.51. The first-order chi connectivity index (χ1) is 8.63. The van der Waals surface area contributed by atoms with E-state index in [1.54, 1.807) is 0 Å². The second-order valence-electron chi connectivity index (χ2n) is 4.68. The van der Waals surface area contributed by atoms with E-state index in [2.05, 4.69) is 34.7 Å². The van der Waals surface area contributed by atoms with Gasteiger partial charge in [-0.15, -0.1) is 11.3 Å². The van der Waals surface area contributed by atoms with Gasteiger partial charge in [-0.3, -0.25) is 9.69 Å². The Morgan fingerprint density at radius 1 is 1.44 bits per heavy atom. The van der Waals surface area contributed by atoms with Crippen molar-refractivity contribution in [3.63, 3.8) is 0 Å². The summed E-state index contributed by atoms with van der Waals surface area (Å²) in [6, 6.07) is 2.56. The molecule has 0 N–H and O–H groups in total. The summed E-state index contributed by atoms with van der Waals surface area (Å²) < 4.78 is 0.918. The molecule has 2 rings (SSSR count). The summed E-state index contributed by atoms with van der Waals surface area (Å²) in [7, 11) is 0. The van der Waals surface area contributed by atoms with Crippen LogP contribution in [0.1, 0.15) is 29.9 Å². The van der Waals surface area contributed by atoms with Gasteiger partial charge in [0.2, 0.25) is 0 Å². The fourth-order valence-electron chi connectivity index (χ4n) is 2.21. The van der Waals surface area contributed by atoms with Crippen LogP contribution in [0.3, 0.4) is 0 Å². The fourth-order valence-corrected chi connectivity index (χ4v) is 3.72. The Bertz CT molecular complexity index is 413. The zero-order valence-corrected chi connectivity index (χ0v) is 13.3. The van der Waals surface area contributed by atoms with E-state index in [4.69, 9.17) is 0 Å². The molecule has 1 unspecified atom stereocenters. The maximum Gasteiger partial charge on any atom is 0.265 e. The molecule has 100 valence electrons. The summed E-state index contributed by atoms with van der Waals surface area (Å²) in [5, 5.41) is 1.95. The van der Waals surface area contributed by atoms with Crippen molar-refractivity contribution in [2.45, 2.75) is 26.3 Å². The minimum Gasteiger partial charge on any atom is -0.335 e. The molecule has 2 heterocycles. The molecular weight excluding hydrogens is 312 g/mol. The van der Waals surface area contributed by atoms with Gasteiger partial charge >= 0.3 is 0 Å². The van der Waals surface area contributed by atoms with Gasteiger partial charge in [0.05, 0.1) is 0 Å². The molecule has 0 bridgehead atoms. The zero-order valence-electron chi connectivity index (χ0n) is 10.9. The van der Waals surface area contributed by atoms with E-state index in [-0.39, 0.29) is 5.91 Å². The molecule has 3 nitrogen and oxygen atoms in total. The minimum atomic E-state index is 0.167. The lowest BCUT2D eigenvalue weighted by atomic mass is 10.2. The van der Waals surface area contributed by atoms with E-state index >= 15 is 0 Å². The Labute approximate surface area is 121 Å². The molecule has 0 spiro atoms. The van der Waals surface area contributed by atoms with Crippen LogP contribution in [0.5, 0.6) is 0 Å². The topological polar surface area (TPSA) is 23.6 Å². The van der Waals surface area contributed by atoms with Crippen LogP contribution in [0.25, 0.3) is 0 Å². The highest BCUT2D eigenvalue weighted by Crippen LogP contribution is 2.24. The molecule has 1 aliphatic heterocycles. The summed E-state index contributed by atoms with van der Waals surface area (Å²) >= 11 is 4.94. The van der Waals surface area contributed by atoms with Crippen LogP contribution >= 0.6 is 27.3 Å². The van der Waals surface area contributed by atoms with E-state index in [1.165, 1.54) is 17.8 Å². The van der Waals surface area contributed by atoms with Gasteiger partial charge in [0.25, 0.3) is 5.91 Å². The number of thiophene rings is 1. The van der Waals surface area contributed by atoms with Crippen LogP contribution < -0.4 is 0 Å². The van der Waals surface area contributed by atoms with Crippen molar-refractivity contribution in [3.8, 4) is 0 Å². The zero-order chi connectivity index (χ0) is 13.1. The van der Waals surface area contributed by atoms with Gasteiger partial charge < -0.3 is 4.90 Å². The van der Waals surface area contributed by atoms with Gasteiger partial charge in [0, 0.05) is 36.7 Å². The maximum atomic E-state index is 12.3. The van der Waals surface area contributed by atoms with Crippen LogP contribution in [0.2, 0.25) is 0 Å². The molecule has 1 aromatic rings. The SMILES string of the molecule is CCC(C)N1CCN(C(=O)c2sccc2Br)CC1. The minimum absolute atomic E-state index is 0.167. The number of halogens is 1. The highest BCUT2D eigenvalue weighted by atomic mass is 79.9. The largest absolute Gasteiger partial charge is 0.335 e. The molecule has 0 saturated carbocycles. The summed E-state index contributed by atoms with van der Waals surface area (Å²) in [6.45, 7) is 8.13. The van der Waals surface area contributed by atoms with Crippen molar-refractivity contribution in [1.29, 1.82) is 0 Å². The van der Waals surface area contributed by atoms with Crippen molar-refractivity contribution in [1.82, 2.24) is 9.80 Å². The molecule has 18 heavy (non-hydrogen) atoms. The summed E-state index contributed by atoms with van der Waals surface area (Å²) in [4.78, 5) is 17.6. The van der Waals surface area contributed by atoms with Crippen LogP contribution in [0, 0.1) is 0 Å². The van der Waals surface area contributed by atoms with Gasteiger partial charge in [-0.2, -0.15) is 0 Å². The number of piperazine rings is 1. The van der Waals surface area contributed by atoms with E-state index in [9.17, 15) is 4.79 Å².